The summed E-state index contributed by atoms with van der Waals surface area (Å²) >= 11 is 0. The molecule has 2 rings (SSSR count). The maximum Gasteiger partial charge on any atom is 0.243 e. The Morgan fingerprint density at radius 2 is 2.12 bits per heavy atom. The standard InChI is InChI=1S/C19H24N2O3/c1-2-11-24-17-6-4-3-5-15(12-17)14-7-9-16(10-8-14)21-19(23)18(20)13-22/h3-4,6-10,12,18,22H,2,5,11,13,20H2,1H3,(H,21,23). The Morgan fingerprint density at radius 1 is 1.38 bits per heavy atom. The van der Waals surface area contributed by atoms with Crippen molar-refractivity contribution in [3.8, 4) is 0 Å². The monoisotopic (exact) mass is 328 g/mol. The number of amides is 1. The molecule has 0 bridgehead atoms. The van der Waals surface area contributed by atoms with Crippen LogP contribution in [0.15, 0.2) is 54.3 Å². The van der Waals surface area contributed by atoms with Crippen molar-refractivity contribution < 1.29 is 14.6 Å². The molecule has 5 heteroatoms. The third kappa shape index (κ3) is 5.08. The van der Waals surface area contributed by atoms with Crippen LogP contribution in [0.2, 0.25) is 0 Å². The summed E-state index contributed by atoms with van der Waals surface area (Å²) in [5.74, 6) is 0.451. The third-order valence-corrected chi connectivity index (χ3v) is 3.58. The topological polar surface area (TPSA) is 84.6 Å². The SMILES string of the molecule is CCCOC1=CC=CCC(c2ccc(NC(=O)C(N)CO)cc2)=C1. The molecule has 1 unspecified atom stereocenters. The fourth-order valence-corrected chi connectivity index (χ4v) is 2.23. The van der Waals surface area contributed by atoms with E-state index in [0.717, 1.165) is 29.7 Å². The normalized spacial score (nSPS) is 15.1. The zero-order valence-electron chi connectivity index (χ0n) is 13.9. The van der Waals surface area contributed by atoms with Gasteiger partial charge in [-0.15, -0.1) is 0 Å². The van der Waals surface area contributed by atoms with Crippen LogP contribution in [0.4, 0.5) is 5.69 Å². The molecule has 1 aliphatic carbocycles. The van der Waals surface area contributed by atoms with Crippen molar-refractivity contribution in [3.63, 3.8) is 0 Å². The van der Waals surface area contributed by atoms with E-state index < -0.39 is 11.9 Å². The van der Waals surface area contributed by atoms with E-state index in [4.69, 9.17) is 15.6 Å². The zero-order valence-corrected chi connectivity index (χ0v) is 13.9. The summed E-state index contributed by atoms with van der Waals surface area (Å²) in [5.41, 5.74) is 8.35. The molecule has 24 heavy (non-hydrogen) atoms. The predicted octanol–water partition coefficient (Wildman–Crippen LogP) is 2.60. The Morgan fingerprint density at radius 3 is 2.79 bits per heavy atom. The highest BCUT2D eigenvalue weighted by Crippen LogP contribution is 2.25. The number of benzene rings is 1. The molecule has 0 saturated carbocycles. The summed E-state index contributed by atoms with van der Waals surface area (Å²) in [6.07, 6.45) is 9.88. The second kappa shape index (κ2) is 9.05. The van der Waals surface area contributed by atoms with Crippen molar-refractivity contribution >= 4 is 17.2 Å². The van der Waals surface area contributed by atoms with Crippen LogP contribution in [0.3, 0.4) is 0 Å². The van der Waals surface area contributed by atoms with Gasteiger partial charge < -0.3 is 20.9 Å². The summed E-state index contributed by atoms with van der Waals surface area (Å²) < 4.78 is 5.72. The van der Waals surface area contributed by atoms with Crippen LogP contribution in [0.25, 0.3) is 5.57 Å². The van der Waals surface area contributed by atoms with E-state index in [-0.39, 0.29) is 6.61 Å². The fraction of sp³-hybridized carbons (Fsp3) is 0.316. The largest absolute Gasteiger partial charge is 0.494 e. The van der Waals surface area contributed by atoms with E-state index in [2.05, 4.69) is 18.3 Å². The number of aliphatic hydroxyl groups is 1. The molecular formula is C19H24N2O3. The van der Waals surface area contributed by atoms with Crippen LogP contribution in [0.5, 0.6) is 0 Å². The van der Waals surface area contributed by atoms with Gasteiger partial charge in [-0.3, -0.25) is 4.79 Å². The van der Waals surface area contributed by atoms with E-state index in [1.165, 1.54) is 0 Å². The molecule has 1 atom stereocenters. The molecule has 0 aromatic heterocycles. The maximum absolute atomic E-state index is 11.7. The molecule has 0 heterocycles. The number of allylic oxidation sites excluding steroid dienone is 5. The van der Waals surface area contributed by atoms with E-state index in [1.54, 1.807) is 0 Å². The molecule has 0 radical (unpaired) electrons. The number of nitrogens with one attached hydrogen (secondary N) is 1. The Hall–Kier alpha value is -2.37. The van der Waals surface area contributed by atoms with Crippen molar-refractivity contribution in [2.45, 2.75) is 25.8 Å². The minimum absolute atomic E-state index is 0.379. The van der Waals surface area contributed by atoms with E-state index in [0.29, 0.717) is 12.3 Å². The third-order valence-electron chi connectivity index (χ3n) is 3.58. The van der Waals surface area contributed by atoms with Gasteiger partial charge in [0.2, 0.25) is 5.91 Å². The lowest BCUT2D eigenvalue weighted by atomic mass is 10.0. The van der Waals surface area contributed by atoms with Gasteiger partial charge in [0.05, 0.1) is 13.2 Å². The molecule has 128 valence electrons. The van der Waals surface area contributed by atoms with Gasteiger partial charge in [-0.25, -0.2) is 0 Å². The number of ether oxygens (including phenoxy) is 1. The highest BCUT2D eigenvalue weighted by atomic mass is 16.5. The highest BCUT2D eigenvalue weighted by molar-refractivity contribution is 5.94. The van der Waals surface area contributed by atoms with Crippen molar-refractivity contribution in [1.82, 2.24) is 0 Å². The first-order chi connectivity index (χ1) is 11.6. The van der Waals surface area contributed by atoms with Gasteiger partial charge in [0.1, 0.15) is 11.8 Å². The number of carbonyl (C=O) groups excluding carboxylic acids is 1. The van der Waals surface area contributed by atoms with Crippen molar-refractivity contribution in [2.24, 2.45) is 5.73 Å². The van der Waals surface area contributed by atoms with Gasteiger partial charge in [-0.1, -0.05) is 31.2 Å². The summed E-state index contributed by atoms with van der Waals surface area (Å²) in [7, 11) is 0. The van der Waals surface area contributed by atoms with Crippen LogP contribution in [-0.2, 0) is 9.53 Å². The number of hydrogen-bond donors (Lipinski definition) is 3. The van der Waals surface area contributed by atoms with Crippen molar-refractivity contribution in [1.29, 1.82) is 0 Å². The second-order valence-electron chi connectivity index (χ2n) is 5.58. The van der Waals surface area contributed by atoms with Crippen LogP contribution in [0.1, 0.15) is 25.3 Å². The second-order valence-corrected chi connectivity index (χ2v) is 5.58. The first-order valence-corrected chi connectivity index (χ1v) is 8.12. The lowest BCUT2D eigenvalue weighted by Gasteiger charge is -2.11. The Balaban J connectivity index is 2.09. The summed E-state index contributed by atoms with van der Waals surface area (Å²) in [4.78, 5) is 11.7. The minimum atomic E-state index is -0.914. The first kappa shape index (κ1) is 18.0. The lowest BCUT2D eigenvalue weighted by Crippen LogP contribution is -2.38. The summed E-state index contributed by atoms with van der Waals surface area (Å²) in [6, 6.07) is 6.62. The minimum Gasteiger partial charge on any atom is -0.494 e. The van der Waals surface area contributed by atoms with Gasteiger partial charge in [-0.2, -0.15) is 0 Å². The number of nitrogens with two attached hydrogens (primary N) is 1. The number of aliphatic hydroxyl groups excluding tert-OH is 1. The van der Waals surface area contributed by atoms with Gasteiger partial charge in [-0.05, 0) is 48.3 Å². The summed E-state index contributed by atoms with van der Waals surface area (Å²) in [6.45, 7) is 2.39. The number of anilines is 1. The zero-order chi connectivity index (χ0) is 17.4. The number of rotatable bonds is 7. The van der Waals surface area contributed by atoms with Crippen LogP contribution in [-0.4, -0.2) is 30.3 Å². The molecule has 1 aromatic rings. The Bertz CT molecular complexity index is 645. The van der Waals surface area contributed by atoms with Gasteiger partial charge in [0.25, 0.3) is 0 Å². The average Bonchev–Trinajstić information content (AvgIpc) is 2.85. The molecule has 1 aliphatic rings. The lowest BCUT2D eigenvalue weighted by molar-refractivity contribution is -0.118. The molecule has 0 spiro atoms. The van der Waals surface area contributed by atoms with Crippen LogP contribution in [0, 0.1) is 0 Å². The molecule has 5 nitrogen and oxygen atoms in total. The van der Waals surface area contributed by atoms with Crippen LogP contribution >= 0.6 is 0 Å². The molecule has 0 fully saturated rings. The van der Waals surface area contributed by atoms with E-state index in [9.17, 15) is 4.79 Å². The molecular weight excluding hydrogens is 304 g/mol. The van der Waals surface area contributed by atoms with E-state index >= 15 is 0 Å². The Labute approximate surface area is 142 Å². The van der Waals surface area contributed by atoms with Gasteiger partial charge in [0, 0.05) is 5.69 Å². The molecule has 4 N–H and O–H groups in total. The first-order valence-electron chi connectivity index (χ1n) is 8.12. The number of hydrogen-bond acceptors (Lipinski definition) is 4. The van der Waals surface area contributed by atoms with E-state index in [1.807, 2.05) is 42.5 Å². The van der Waals surface area contributed by atoms with Crippen LogP contribution < -0.4 is 11.1 Å². The molecule has 1 aromatic carbocycles. The maximum atomic E-state index is 11.7. The highest BCUT2D eigenvalue weighted by Gasteiger charge is 2.12. The summed E-state index contributed by atoms with van der Waals surface area (Å²) in [5, 5.41) is 11.6. The van der Waals surface area contributed by atoms with Crippen molar-refractivity contribution in [2.75, 3.05) is 18.5 Å². The molecule has 0 aliphatic heterocycles. The molecule has 0 saturated heterocycles. The van der Waals surface area contributed by atoms with Gasteiger partial charge >= 0.3 is 0 Å². The Kier molecular flexibility index (Phi) is 6.78. The average molecular weight is 328 g/mol. The van der Waals surface area contributed by atoms with Gasteiger partial charge in [0.15, 0.2) is 0 Å². The quantitative estimate of drug-likeness (QED) is 0.718. The number of carbonyl (C=O) groups is 1. The smallest absolute Gasteiger partial charge is 0.243 e. The molecule has 1 amide bonds. The predicted molar refractivity (Wildman–Crippen MR) is 96.2 cm³/mol. The fourth-order valence-electron chi connectivity index (χ4n) is 2.23. The van der Waals surface area contributed by atoms with Crippen molar-refractivity contribution in [3.05, 3.63) is 59.9 Å².